The molecule has 3 rings (SSSR count). The summed E-state index contributed by atoms with van der Waals surface area (Å²) < 4.78 is 10.5. The molecular weight excluding hydrogens is 358 g/mol. The second-order valence-electron chi connectivity index (χ2n) is 6.98. The molecule has 0 saturated carbocycles. The van der Waals surface area contributed by atoms with Crippen LogP contribution < -0.4 is 0 Å². The lowest BCUT2D eigenvalue weighted by Gasteiger charge is -2.36. The van der Waals surface area contributed by atoms with E-state index in [0.717, 1.165) is 12.0 Å². The van der Waals surface area contributed by atoms with Gasteiger partial charge in [0.05, 0.1) is 12.2 Å². The number of fused-ring (bicyclic) bond motifs is 1. The predicted octanol–water partition coefficient (Wildman–Crippen LogP) is 4.40. The van der Waals surface area contributed by atoms with Crippen LogP contribution in [0, 0.1) is 11.8 Å². The number of hydrogen-bond acceptors (Lipinski definition) is 5. The van der Waals surface area contributed by atoms with E-state index in [4.69, 9.17) is 9.47 Å². The number of nitrogens with zero attached hydrogens (tertiary/aromatic N) is 1. The van der Waals surface area contributed by atoms with Crippen LogP contribution in [0.15, 0.2) is 41.4 Å². The predicted molar refractivity (Wildman–Crippen MR) is 107 cm³/mol. The minimum atomic E-state index is -0.367. The Bertz CT molecular complexity index is 894. The molecule has 0 radical (unpaired) electrons. The second-order valence-corrected chi connectivity index (χ2v) is 8.19. The Morgan fingerprint density at radius 2 is 2.11 bits per heavy atom. The highest BCUT2D eigenvalue weighted by atomic mass is 32.2. The monoisotopic (exact) mass is 381 g/mol. The number of pyridine rings is 1. The van der Waals surface area contributed by atoms with Gasteiger partial charge in [-0.15, -0.1) is 0 Å². The number of hydrogen-bond donors (Lipinski definition) is 0. The first-order valence-corrected chi connectivity index (χ1v) is 9.80. The maximum atomic E-state index is 11.7. The van der Waals surface area contributed by atoms with Gasteiger partial charge in [-0.25, -0.2) is 9.78 Å². The third kappa shape index (κ3) is 4.52. The Morgan fingerprint density at radius 3 is 2.78 bits per heavy atom. The van der Waals surface area contributed by atoms with Gasteiger partial charge >= 0.3 is 5.97 Å². The zero-order valence-corrected chi connectivity index (χ0v) is 16.9. The van der Waals surface area contributed by atoms with Crippen LogP contribution in [-0.4, -0.2) is 30.1 Å². The molecule has 0 aliphatic carbocycles. The largest absolute Gasteiger partial charge is 0.462 e. The van der Waals surface area contributed by atoms with Gasteiger partial charge in [0.15, 0.2) is 0 Å². The Hall–Kier alpha value is -2.29. The van der Waals surface area contributed by atoms with Crippen molar-refractivity contribution < 1.29 is 14.3 Å². The third-order valence-corrected chi connectivity index (χ3v) is 5.75. The molecule has 2 heterocycles. The summed E-state index contributed by atoms with van der Waals surface area (Å²) in [6.07, 6.45) is 2.47. The van der Waals surface area contributed by atoms with Gasteiger partial charge in [0.2, 0.25) is 0 Å². The molecule has 0 fully saturated rings. The van der Waals surface area contributed by atoms with Crippen molar-refractivity contribution in [2.45, 2.75) is 42.9 Å². The quantitative estimate of drug-likeness (QED) is 0.582. The summed E-state index contributed by atoms with van der Waals surface area (Å²) in [5.74, 6) is 5.88. The van der Waals surface area contributed by atoms with Crippen LogP contribution >= 0.6 is 11.8 Å². The maximum Gasteiger partial charge on any atom is 0.339 e. The van der Waals surface area contributed by atoms with Crippen molar-refractivity contribution in [2.75, 3.05) is 13.7 Å². The number of ether oxygens (including phenoxy) is 2. The van der Waals surface area contributed by atoms with Crippen molar-refractivity contribution >= 4 is 17.7 Å². The number of aromatic nitrogens is 1. The van der Waals surface area contributed by atoms with Crippen LogP contribution in [-0.2, 0) is 14.9 Å². The maximum absolute atomic E-state index is 11.7. The van der Waals surface area contributed by atoms with Crippen molar-refractivity contribution in [3.8, 4) is 11.8 Å². The number of esters is 1. The highest BCUT2D eigenvalue weighted by Gasteiger charge is 2.33. The number of carbonyl (C=O) groups excluding carboxylic acids is 1. The summed E-state index contributed by atoms with van der Waals surface area (Å²) >= 11 is 1.76. The van der Waals surface area contributed by atoms with Gasteiger partial charge in [-0.3, -0.25) is 0 Å². The third-order valence-electron chi connectivity index (χ3n) is 4.52. The van der Waals surface area contributed by atoms with Gasteiger partial charge in [0, 0.05) is 23.8 Å². The van der Waals surface area contributed by atoms with E-state index in [2.05, 4.69) is 42.8 Å². The van der Waals surface area contributed by atoms with Crippen molar-refractivity contribution in [3.05, 3.63) is 58.9 Å². The number of rotatable bonds is 3. The minimum Gasteiger partial charge on any atom is -0.462 e. The van der Waals surface area contributed by atoms with E-state index >= 15 is 0 Å². The topological polar surface area (TPSA) is 48.4 Å². The molecule has 0 amide bonds. The number of thioether (sulfide) groups is 1. The summed E-state index contributed by atoms with van der Waals surface area (Å²) in [4.78, 5) is 17.2. The molecule has 4 nitrogen and oxygen atoms in total. The first-order valence-electron chi connectivity index (χ1n) is 8.92. The number of methoxy groups -OCH3 is 1. The first kappa shape index (κ1) is 19.5. The Kier molecular flexibility index (Phi) is 5.88. The molecule has 0 bridgehead atoms. The molecule has 1 atom stereocenters. The molecule has 1 aliphatic heterocycles. The lowest BCUT2D eigenvalue weighted by Crippen LogP contribution is -2.29. The van der Waals surface area contributed by atoms with Gasteiger partial charge in [-0.2, -0.15) is 0 Å². The van der Waals surface area contributed by atoms with Gasteiger partial charge in [0.1, 0.15) is 11.1 Å². The zero-order valence-electron chi connectivity index (χ0n) is 16.0. The standard InChI is InChI=1S/C22H23NO3S/c1-5-26-21(24)16-8-10-17(23-14-16)9-6-15-7-11-19-18(12-15)22(2,3)13-20(25-4)27-19/h7-8,10-12,14,20H,5,13H2,1-4H3. The van der Waals surface area contributed by atoms with Crippen LogP contribution in [0.4, 0.5) is 0 Å². The van der Waals surface area contributed by atoms with Crippen LogP contribution in [0.5, 0.6) is 0 Å². The molecule has 1 aromatic carbocycles. The van der Waals surface area contributed by atoms with Crippen LogP contribution in [0.25, 0.3) is 0 Å². The summed E-state index contributed by atoms with van der Waals surface area (Å²) in [6, 6.07) is 9.73. The van der Waals surface area contributed by atoms with E-state index in [1.165, 1.54) is 16.7 Å². The van der Waals surface area contributed by atoms with E-state index in [1.807, 2.05) is 6.07 Å². The summed E-state index contributed by atoms with van der Waals surface area (Å²) in [7, 11) is 1.76. The molecule has 1 aromatic heterocycles. The number of benzene rings is 1. The summed E-state index contributed by atoms with van der Waals surface area (Å²) in [5.41, 5.74) is 3.54. The molecular formula is C22H23NO3S. The molecule has 0 saturated heterocycles. The van der Waals surface area contributed by atoms with Crippen molar-refractivity contribution in [3.63, 3.8) is 0 Å². The van der Waals surface area contributed by atoms with Crippen molar-refractivity contribution in [1.29, 1.82) is 0 Å². The Labute approximate surface area is 164 Å². The SMILES string of the molecule is CCOC(=O)c1ccc(C#Cc2ccc3c(c2)C(C)(C)CC(OC)S3)nc1. The van der Waals surface area contributed by atoms with E-state index < -0.39 is 0 Å². The normalized spacial score (nSPS) is 17.4. The fourth-order valence-electron chi connectivity index (χ4n) is 3.02. The number of carbonyl (C=O) groups is 1. The molecule has 140 valence electrons. The molecule has 1 unspecified atom stereocenters. The molecule has 0 N–H and O–H groups in total. The summed E-state index contributed by atoms with van der Waals surface area (Å²) in [6.45, 7) is 6.60. The Morgan fingerprint density at radius 1 is 1.30 bits per heavy atom. The van der Waals surface area contributed by atoms with Crippen molar-refractivity contribution in [1.82, 2.24) is 4.98 Å². The van der Waals surface area contributed by atoms with E-state index in [9.17, 15) is 4.79 Å². The average molecular weight is 381 g/mol. The van der Waals surface area contributed by atoms with E-state index in [0.29, 0.717) is 17.9 Å². The first-order chi connectivity index (χ1) is 12.9. The fourth-order valence-corrected chi connectivity index (χ4v) is 4.51. The van der Waals surface area contributed by atoms with Gasteiger partial charge in [-0.1, -0.05) is 31.5 Å². The fraction of sp³-hybridized carbons (Fsp3) is 0.364. The lowest BCUT2D eigenvalue weighted by atomic mass is 9.80. The van der Waals surface area contributed by atoms with E-state index in [1.54, 1.807) is 37.9 Å². The minimum absolute atomic E-state index is 0.0402. The molecule has 2 aromatic rings. The van der Waals surface area contributed by atoms with E-state index in [-0.39, 0.29) is 16.8 Å². The van der Waals surface area contributed by atoms with Gasteiger partial charge in [-0.05, 0) is 60.6 Å². The second kappa shape index (κ2) is 8.16. The zero-order chi connectivity index (χ0) is 19.4. The van der Waals surface area contributed by atoms with Gasteiger partial charge in [0.25, 0.3) is 0 Å². The lowest BCUT2D eigenvalue weighted by molar-refractivity contribution is 0.0526. The molecule has 0 spiro atoms. The Balaban J connectivity index is 1.81. The highest BCUT2D eigenvalue weighted by molar-refractivity contribution is 7.99. The van der Waals surface area contributed by atoms with Crippen LogP contribution in [0.1, 0.15) is 54.4 Å². The molecule has 1 aliphatic rings. The van der Waals surface area contributed by atoms with Crippen LogP contribution in [0.3, 0.4) is 0 Å². The molecule has 27 heavy (non-hydrogen) atoms. The molecule has 5 heteroatoms. The van der Waals surface area contributed by atoms with Gasteiger partial charge < -0.3 is 9.47 Å². The summed E-state index contributed by atoms with van der Waals surface area (Å²) in [5, 5.41) is 0. The van der Waals surface area contributed by atoms with Crippen molar-refractivity contribution in [2.24, 2.45) is 0 Å². The smallest absolute Gasteiger partial charge is 0.339 e. The van der Waals surface area contributed by atoms with Crippen LogP contribution in [0.2, 0.25) is 0 Å². The average Bonchev–Trinajstić information content (AvgIpc) is 2.66. The highest BCUT2D eigenvalue weighted by Crippen LogP contribution is 2.45.